The summed E-state index contributed by atoms with van der Waals surface area (Å²) in [5.41, 5.74) is -0.0377. The molecule has 0 radical (unpaired) electrons. The van der Waals surface area contributed by atoms with Gasteiger partial charge in [-0.1, -0.05) is 31.5 Å². The molecule has 0 saturated carbocycles. The second-order valence-corrected chi connectivity index (χ2v) is 7.33. The number of hydrogen-bond acceptors (Lipinski definition) is 4. The predicted octanol–water partition coefficient (Wildman–Crippen LogP) is 2.90. The average molecular weight is 385 g/mol. The van der Waals surface area contributed by atoms with Crippen molar-refractivity contribution in [2.24, 2.45) is 0 Å². The molecule has 1 amide bonds. The van der Waals surface area contributed by atoms with Gasteiger partial charge in [0.2, 0.25) is 5.91 Å². The fourth-order valence-corrected chi connectivity index (χ4v) is 4.10. The lowest BCUT2D eigenvalue weighted by Crippen LogP contribution is -2.44. The summed E-state index contributed by atoms with van der Waals surface area (Å²) in [6.45, 7) is 4.11. The summed E-state index contributed by atoms with van der Waals surface area (Å²) in [7, 11) is 0. The maximum Gasteiger partial charge on any atom is 0.317 e. The van der Waals surface area contributed by atoms with Crippen molar-refractivity contribution in [2.45, 2.75) is 45.8 Å². The van der Waals surface area contributed by atoms with Crippen molar-refractivity contribution in [3.05, 3.63) is 67.4 Å². The number of carbonyl (C=O) groups is 1. The molecule has 6 nitrogen and oxygen atoms in total. The molecule has 0 spiro atoms. The summed E-state index contributed by atoms with van der Waals surface area (Å²) in [6, 6.07) is 11.0. The Labute approximate surface area is 161 Å². The number of fused-ring (bicyclic) bond motifs is 1. The fourth-order valence-electron chi connectivity index (χ4n) is 3.29. The van der Waals surface area contributed by atoms with Crippen LogP contribution in [0, 0.1) is 0 Å². The number of rotatable bonds is 7. The lowest BCUT2D eigenvalue weighted by molar-refractivity contribution is -0.122. The molecule has 0 aliphatic heterocycles. The van der Waals surface area contributed by atoms with Crippen LogP contribution in [0.25, 0.3) is 11.0 Å². The zero-order valence-electron chi connectivity index (χ0n) is 15.5. The molecule has 0 unspecified atom stereocenters. The van der Waals surface area contributed by atoms with Crippen molar-refractivity contribution in [2.75, 3.05) is 0 Å². The van der Waals surface area contributed by atoms with E-state index < -0.39 is 11.1 Å². The van der Waals surface area contributed by atoms with Gasteiger partial charge >= 0.3 is 11.1 Å². The zero-order chi connectivity index (χ0) is 19.4. The van der Waals surface area contributed by atoms with E-state index in [0.717, 1.165) is 17.7 Å². The number of nitrogens with one attached hydrogen (secondary N) is 1. The van der Waals surface area contributed by atoms with Crippen LogP contribution in [-0.4, -0.2) is 15.0 Å². The molecule has 0 aliphatic rings. The first-order valence-corrected chi connectivity index (χ1v) is 9.99. The molecule has 3 aromatic rings. The van der Waals surface area contributed by atoms with E-state index in [1.165, 1.54) is 9.13 Å². The highest BCUT2D eigenvalue weighted by Crippen LogP contribution is 2.23. The summed E-state index contributed by atoms with van der Waals surface area (Å²) in [5, 5.41) is 4.99. The van der Waals surface area contributed by atoms with Crippen LogP contribution in [0.2, 0.25) is 0 Å². The van der Waals surface area contributed by atoms with Gasteiger partial charge in [0.15, 0.2) is 0 Å². The average Bonchev–Trinajstić information content (AvgIpc) is 3.20. The molecule has 0 bridgehead atoms. The van der Waals surface area contributed by atoms with Crippen molar-refractivity contribution in [3.8, 4) is 0 Å². The van der Waals surface area contributed by atoms with E-state index in [-0.39, 0.29) is 18.5 Å². The molecule has 3 rings (SSSR count). The lowest BCUT2D eigenvalue weighted by Gasteiger charge is -2.18. The number of thiophene rings is 1. The molecule has 0 fully saturated rings. The molecule has 142 valence electrons. The molecule has 0 aliphatic carbocycles. The molecule has 0 saturated heterocycles. The van der Waals surface area contributed by atoms with Crippen LogP contribution < -0.4 is 16.4 Å². The van der Waals surface area contributed by atoms with Gasteiger partial charge in [-0.25, -0.2) is 0 Å². The van der Waals surface area contributed by atoms with Crippen LogP contribution in [0.1, 0.15) is 37.6 Å². The van der Waals surface area contributed by atoms with E-state index in [1.807, 2.05) is 30.5 Å². The Bertz CT molecular complexity index is 1050. The maximum atomic E-state index is 12.7. The highest BCUT2D eigenvalue weighted by Gasteiger charge is 2.18. The highest BCUT2D eigenvalue weighted by atomic mass is 32.1. The number of carbonyl (C=O) groups excluding carboxylic acids is 1. The molecule has 7 heteroatoms. The maximum absolute atomic E-state index is 12.7. The van der Waals surface area contributed by atoms with Gasteiger partial charge in [-0.3, -0.25) is 19.0 Å². The molecule has 2 aromatic heterocycles. The predicted molar refractivity (Wildman–Crippen MR) is 108 cm³/mol. The van der Waals surface area contributed by atoms with Crippen molar-refractivity contribution in [1.82, 2.24) is 14.5 Å². The number of aryl methyl sites for hydroxylation is 1. The molecule has 1 N–H and O–H groups in total. The van der Waals surface area contributed by atoms with E-state index in [9.17, 15) is 14.4 Å². The number of nitrogens with zero attached hydrogens (tertiary/aromatic N) is 2. The van der Waals surface area contributed by atoms with Crippen LogP contribution in [0.3, 0.4) is 0 Å². The monoisotopic (exact) mass is 385 g/mol. The molecule has 27 heavy (non-hydrogen) atoms. The second-order valence-electron chi connectivity index (χ2n) is 6.35. The van der Waals surface area contributed by atoms with E-state index in [2.05, 4.69) is 12.2 Å². The minimum absolute atomic E-state index is 0.0829. The van der Waals surface area contributed by atoms with Crippen molar-refractivity contribution >= 4 is 28.3 Å². The third kappa shape index (κ3) is 3.88. The number of benzene rings is 1. The minimum atomic E-state index is -0.672. The van der Waals surface area contributed by atoms with Crippen LogP contribution in [0.15, 0.2) is 51.4 Å². The first-order chi connectivity index (χ1) is 13.1. The fraction of sp³-hybridized carbons (Fsp3) is 0.350. The van der Waals surface area contributed by atoms with Crippen molar-refractivity contribution in [3.63, 3.8) is 0 Å². The highest BCUT2D eigenvalue weighted by molar-refractivity contribution is 7.10. The molecule has 1 aromatic carbocycles. The Balaban J connectivity index is 1.94. The van der Waals surface area contributed by atoms with Gasteiger partial charge < -0.3 is 9.88 Å². The normalized spacial score (nSPS) is 12.2. The SMILES string of the molecule is CCC[C@@H](NC(=O)Cn1c(=O)c(=O)n(CC)c2ccccc21)c1cccs1. The Morgan fingerprint density at radius 1 is 1.04 bits per heavy atom. The van der Waals surface area contributed by atoms with Crippen LogP contribution in [-0.2, 0) is 17.9 Å². The van der Waals surface area contributed by atoms with E-state index in [0.29, 0.717) is 17.6 Å². The number of para-hydroxylation sites is 2. The number of hydrogen-bond donors (Lipinski definition) is 1. The zero-order valence-corrected chi connectivity index (χ0v) is 16.3. The van der Waals surface area contributed by atoms with Gasteiger partial charge in [0, 0.05) is 11.4 Å². The lowest BCUT2D eigenvalue weighted by atomic mass is 10.1. The van der Waals surface area contributed by atoms with Crippen LogP contribution >= 0.6 is 11.3 Å². The third-order valence-electron chi connectivity index (χ3n) is 4.55. The van der Waals surface area contributed by atoms with E-state index >= 15 is 0 Å². The standard InChI is InChI=1S/C20H23N3O3S/c1-3-8-14(17-11-7-12-27-17)21-18(24)13-23-16-10-6-5-9-15(16)22(4-2)19(25)20(23)26/h5-7,9-12,14H,3-4,8,13H2,1-2H3,(H,21,24)/t14-/m1/s1. The topological polar surface area (TPSA) is 73.1 Å². The summed E-state index contributed by atoms with van der Waals surface area (Å²) in [6.07, 6.45) is 1.75. The summed E-state index contributed by atoms with van der Waals surface area (Å²) in [5.74, 6) is -0.275. The van der Waals surface area contributed by atoms with E-state index in [4.69, 9.17) is 0 Å². The first kappa shape index (κ1) is 19.1. The van der Waals surface area contributed by atoms with Crippen LogP contribution in [0.4, 0.5) is 0 Å². The molecular weight excluding hydrogens is 362 g/mol. The van der Waals surface area contributed by atoms with Gasteiger partial charge in [-0.05, 0) is 36.9 Å². The van der Waals surface area contributed by atoms with Gasteiger partial charge in [-0.2, -0.15) is 0 Å². The Hall–Kier alpha value is -2.67. The smallest absolute Gasteiger partial charge is 0.317 e. The molecule has 2 heterocycles. The quantitative estimate of drug-likeness (QED) is 0.636. The summed E-state index contributed by atoms with van der Waals surface area (Å²) < 4.78 is 2.72. The van der Waals surface area contributed by atoms with Gasteiger partial charge in [0.1, 0.15) is 6.54 Å². The van der Waals surface area contributed by atoms with E-state index in [1.54, 1.807) is 29.5 Å². The first-order valence-electron chi connectivity index (χ1n) is 9.12. The largest absolute Gasteiger partial charge is 0.347 e. The molecule has 1 atom stereocenters. The van der Waals surface area contributed by atoms with Crippen molar-refractivity contribution in [1.29, 1.82) is 0 Å². The van der Waals surface area contributed by atoms with Gasteiger partial charge in [0.25, 0.3) is 0 Å². The van der Waals surface area contributed by atoms with Crippen molar-refractivity contribution < 1.29 is 4.79 Å². The Kier molecular flexibility index (Phi) is 5.91. The Morgan fingerprint density at radius 3 is 2.30 bits per heavy atom. The van der Waals surface area contributed by atoms with Crippen LogP contribution in [0.5, 0.6) is 0 Å². The molecular formula is C20H23N3O3S. The Morgan fingerprint density at radius 2 is 1.70 bits per heavy atom. The number of amides is 1. The minimum Gasteiger partial charge on any atom is -0.347 e. The van der Waals surface area contributed by atoms with Gasteiger partial charge in [-0.15, -0.1) is 11.3 Å². The summed E-state index contributed by atoms with van der Waals surface area (Å²) in [4.78, 5) is 38.8. The summed E-state index contributed by atoms with van der Waals surface area (Å²) >= 11 is 1.60. The third-order valence-corrected chi connectivity index (χ3v) is 5.54. The second kappa shape index (κ2) is 8.35. The van der Waals surface area contributed by atoms with Gasteiger partial charge in [0.05, 0.1) is 17.1 Å². The number of aromatic nitrogens is 2.